The number of hydrogen-bond donors (Lipinski definition) is 0. The Morgan fingerprint density at radius 2 is 2.00 bits per heavy atom. The molecule has 14 heavy (non-hydrogen) atoms. The molecule has 0 spiro atoms. The summed E-state index contributed by atoms with van der Waals surface area (Å²) in [6, 6.07) is 0. The molecule has 0 N–H and O–H groups in total. The van der Waals surface area contributed by atoms with E-state index in [9.17, 15) is 0 Å². The summed E-state index contributed by atoms with van der Waals surface area (Å²) in [5.74, 6) is 1.20. The number of allylic oxidation sites excluding steroid dienone is 2. The van der Waals surface area contributed by atoms with E-state index >= 15 is 0 Å². The molecule has 3 rings (SSSR count). The number of guanidine groups is 2. The van der Waals surface area contributed by atoms with Crippen molar-refractivity contribution >= 4 is 40.4 Å². The molecule has 0 radical (unpaired) electrons. The molecular formula is C8H4BrN5. The summed E-state index contributed by atoms with van der Waals surface area (Å²) in [6.45, 7) is 0. The lowest BCUT2D eigenvalue weighted by Crippen LogP contribution is -2.39. The molecule has 0 unspecified atom stereocenters. The average molecular weight is 250 g/mol. The van der Waals surface area contributed by atoms with Crippen LogP contribution in [0.2, 0.25) is 0 Å². The van der Waals surface area contributed by atoms with Crippen LogP contribution in [-0.2, 0) is 0 Å². The van der Waals surface area contributed by atoms with Gasteiger partial charge in [0.2, 0.25) is 11.9 Å². The van der Waals surface area contributed by atoms with Crippen molar-refractivity contribution in [2.45, 2.75) is 0 Å². The maximum Gasteiger partial charge on any atom is 0.238 e. The molecule has 0 bridgehead atoms. The van der Waals surface area contributed by atoms with Gasteiger partial charge < -0.3 is 0 Å². The lowest BCUT2D eigenvalue weighted by Gasteiger charge is -2.29. The first kappa shape index (κ1) is 7.81. The summed E-state index contributed by atoms with van der Waals surface area (Å²) in [4.78, 5) is 18.2. The zero-order chi connectivity index (χ0) is 9.54. The second kappa shape index (κ2) is 2.71. The number of hydrogen-bond acceptors (Lipinski definition) is 5. The monoisotopic (exact) mass is 249 g/mol. The van der Waals surface area contributed by atoms with Crippen molar-refractivity contribution < 1.29 is 0 Å². The summed E-state index contributed by atoms with van der Waals surface area (Å²) >= 11 is 3.41. The second-order valence-corrected chi connectivity index (χ2v) is 3.60. The standard InChI is InChI=1S/C8H4BrN5/c9-5-3-11-8-13-4-12-7-10-2-1-6(5)14(7)8/h1-4H. The van der Waals surface area contributed by atoms with Crippen LogP contribution in [0.25, 0.3) is 0 Å². The molecule has 5 nitrogen and oxygen atoms in total. The van der Waals surface area contributed by atoms with Crippen LogP contribution in [0.4, 0.5) is 0 Å². The third-order valence-corrected chi connectivity index (χ3v) is 2.56. The molecule has 0 fully saturated rings. The number of rotatable bonds is 0. The minimum absolute atomic E-state index is 0.598. The average Bonchev–Trinajstić information content (AvgIpc) is 2.24. The summed E-state index contributed by atoms with van der Waals surface area (Å²) in [5.41, 5.74) is 0.959. The minimum atomic E-state index is 0.598. The highest BCUT2D eigenvalue weighted by Crippen LogP contribution is 2.28. The van der Waals surface area contributed by atoms with E-state index in [1.54, 1.807) is 17.3 Å². The molecule has 0 saturated heterocycles. The Kier molecular flexibility index (Phi) is 1.51. The van der Waals surface area contributed by atoms with Crippen LogP contribution in [0.1, 0.15) is 0 Å². The Bertz CT molecular complexity index is 480. The third-order valence-electron chi connectivity index (χ3n) is 1.95. The van der Waals surface area contributed by atoms with E-state index in [0.29, 0.717) is 11.9 Å². The Morgan fingerprint density at radius 3 is 2.93 bits per heavy atom. The van der Waals surface area contributed by atoms with Gasteiger partial charge in [-0.2, -0.15) is 0 Å². The van der Waals surface area contributed by atoms with E-state index in [4.69, 9.17) is 0 Å². The normalized spacial score (nSPS) is 22.2. The van der Waals surface area contributed by atoms with Gasteiger partial charge in [-0.25, -0.2) is 24.9 Å². The van der Waals surface area contributed by atoms with Crippen LogP contribution in [-0.4, -0.2) is 29.4 Å². The fraction of sp³-hybridized carbons (Fsp3) is 0. The predicted molar refractivity (Wildman–Crippen MR) is 58.8 cm³/mol. The third kappa shape index (κ3) is 0.941. The van der Waals surface area contributed by atoms with E-state index in [1.165, 1.54) is 6.34 Å². The summed E-state index contributed by atoms with van der Waals surface area (Å²) in [6.07, 6.45) is 6.77. The molecule has 68 valence electrons. The van der Waals surface area contributed by atoms with Crippen molar-refractivity contribution in [3.05, 3.63) is 22.5 Å². The maximum atomic E-state index is 4.16. The van der Waals surface area contributed by atoms with Crippen molar-refractivity contribution in [3.8, 4) is 0 Å². The topological polar surface area (TPSA) is 52.7 Å². The van der Waals surface area contributed by atoms with Crippen LogP contribution >= 0.6 is 15.9 Å². The van der Waals surface area contributed by atoms with Gasteiger partial charge in [-0.15, -0.1) is 0 Å². The summed E-state index contributed by atoms with van der Waals surface area (Å²) < 4.78 is 0.900. The zero-order valence-corrected chi connectivity index (χ0v) is 8.51. The first-order chi connectivity index (χ1) is 6.86. The molecule has 0 atom stereocenters. The van der Waals surface area contributed by atoms with Gasteiger partial charge in [0.1, 0.15) is 6.34 Å². The quantitative estimate of drug-likeness (QED) is 0.638. The molecule has 0 amide bonds. The highest BCUT2D eigenvalue weighted by atomic mass is 79.9. The Morgan fingerprint density at radius 1 is 1.14 bits per heavy atom. The molecule has 0 aliphatic carbocycles. The van der Waals surface area contributed by atoms with E-state index in [-0.39, 0.29) is 0 Å². The van der Waals surface area contributed by atoms with Gasteiger partial charge in [-0.3, -0.25) is 0 Å². The molecule has 0 aromatic rings. The van der Waals surface area contributed by atoms with Crippen molar-refractivity contribution in [1.29, 1.82) is 0 Å². The summed E-state index contributed by atoms with van der Waals surface area (Å²) in [5, 5.41) is 0. The van der Waals surface area contributed by atoms with Crippen molar-refractivity contribution in [3.63, 3.8) is 0 Å². The molecule has 6 heteroatoms. The molecule has 3 aliphatic rings. The van der Waals surface area contributed by atoms with Gasteiger partial charge in [0.15, 0.2) is 0 Å². The van der Waals surface area contributed by atoms with Gasteiger partial charge >= 0.3 is 0 Å². The molecule has 3 aliphatic heterocycles. The summed E-state index contributed by atoms with van der Waals surface area (Å²) in [7, 11) is 0. The smallest absolute Gasteiger partial charge is 0.238 e. The highest BCUT2D eigenvalue weighted by Gasteiger charge is 2.28. The molecule has 0 aromatic carbocycles. The van der Waals surface area contributed by atoms with E-state index in [1.807, 2.05) is 6.08 Å². The first-order valence-corrected chi connectivity index (χ1v) is 4.74. The molecule has 0 aromatic heterocycles. The lowest BCUT2D eigenvalue weighted by atomic mass is 10.3. The van der Waals surface area contributed by atoms with Gasteiger partial charge in [0.05, 0.1) is 10.2 Å². The second-order valence-electron chi connectivity index (χ2n) is 2.75. The fourth-order valence-electron chi connectivity index (χ4n) is 1.35. The van der Waals surface area contributed by atoms with Crippen LogP contribution in [0.3, 0.4) is 0 Å². The largest absolute Gasteiger partial charge is 0.245 e. The Labute approximate surface area is 88.1 Å². The fourth-order valence-corrected chi connectivity index (χ4v) is 1.76. The Hall–Kier alpha value is -1.56. The minimum Gasteiger partial charge on any atom is -0.245 e. The van der Waals surface area contributed by atoms with Gasteiger partial charge in [-0.05, 0) is 22.0 Å². The van der Waals surface area contributed by atoms with Crippen LogP contribution < -0.4 is 0 Å². The highest BCUT2D eigenvalue weighted by molar-refractivity contribution is 9.12. The number of halogens is 1. The Balaban J connectivity index is 2.24. The van der Waals surface area contributed by atoms with Crippen LogP contribution in [0, 0.1) is 0 Å². The van der Waals surface area contributed by atoms with E-state index < -0.39 is 0 Å². The SMILES string of the molecule is BrC1=CN=C2N=CN=C3N=CC=C1N32. The van der Waals surface area contributed by atoms with Crippen molar-refractivity contribution in [2.75, 3.05) is 0 Å². The predicted octanol–water partition coefficient (Wildman–Crippen LogP) is 1.26. The molecule has 3 heterocycles. The van der Waals surface area contributed by atoms with Gasteiger partial charge in [0, 0.05) is 12.4 Å². The van der Waals surface area contributed by atoms with Gasteiger partial charge in [-0.1, -0.05) is 0 Å². The van der Waals surface area contributed by atoms with Crippen LogP contribution in [0.5, 0.6) is 0 Å². The molecule has 0 saturated carbocycles. The van der Waals surface area contributed by atoms with Crippen molar-refractivity contribution in [1.82, 2.24) is 4.90 Å². The molecular weight excluding hydrogens is 246 g/mol. The zero-order valence-electron chi connectivity index (χ0n) is 6.92. The van der Waals surface area contributed by atoms with E-state index in [2.05, 4.69) is 35.9 Å². The van der Waals surface area contributed by atoms with E-state index in [0.717, 1.165) is 10.2 Å². The lowest BCUT2D eigenvalue weighted by molar-refractivity contribution is 0.734. The first-order valence-electron chi connectivity index (χ1n) is 3.95. The van der Waals surface area contributed by atoms with Gasteiger partial charge in [0.25, 0.3) is 0 Å². The van der Waals surface area contributed by atoms with Crippen molar-refractivity contribution in [2.24, 2.45) is 20.0 Å². The number of aliphatic imine (C=N–C) groups is 4. The van der Waals surface area contributed by atoms with Crippen LogP contribution in [0.15, 0.2) is 42.4 Å². The number of nitrogens with zero attached hydrogens (tertiary/aromatic N) is 5. The maximum absolute atomic E-state index is 4.16.